The van der Waals surface area contributed by atoms with Crippen LogP contribution < -0.4 is 9.62 Å². The molecule has 0 saturated carbocycles. The van der Waals surface area contributed by atoms with Crippen LogP contribution in [0.3, 0.4) is 0 Å². The van der Waals surface area contributed by atoms with Crippen molar-refractivity contribution < 1.29 is 23.1 Å². The van der Waals surface area contributed by atoms with Gasteiger partial charge in [0.05, 0.1) is 4.90 Å². The molecule has 0 spiro atoms. The number of hydrogen-bond acceptors (Lipinski definition) is 4. The molecule has 0 fully saturated rings. The standard InChI is InChI=1S/C17H24N2O5S/c1-5-15(20)19-11(4)8-12-9-13(6-7-14(12)19)25(23,24)18-16(10(2)3)17(21)22/h6-7,9-11,16,18H,5,8H2,1-4H3,(H,21,22)/t11-,16-/m0/s1. The summed E-state index contributed by atoms with van der Waals surface area (Å²) in [5.41, 5.74) is 1.49. The van der Waals surface area contributed by atoms with Crippen LogP contribution in [0.1, 0.15) is 39.7 Å². The van der Waals surface area contributed by atoms with E-state index in [1.807, 2.05) is 6.92 Å². The number of carboxylic acids is 1. The molecule has 25 heavy (non-hydrogen) atoms. The topological polar surface area (TPSA) is 104 Å². The maximum Gasteiger partial charge on any atom is 0.322 e. The second kappa shape index (κ2) is 7.13. The number of nitrogens with one attached hydrogen (secondary N) is 1. The van der Waals surface area contributed by atoms with Crippen LogP contribution in [0.4, 0.5) is 5.69 Å². The zero-order valence-corrected chi connectivity index (χ0v) is 15.6. The number of rotatable bonds is 6. The molecule has 0 radical (unpaired) electrons. The van der Waals surface area contributed by atoms with Gasteiger partial charge in [0, 0.05) is 18.2 Å². The monoisotopic (exact) mass is 368 g/mol. The Labute approximate surface area is 148 Å². The fourth-order valence-electron chi connectivity index (χ4n) is 3.03. The SMILES string of the molecule is CCC(=O)N1c2ccc(S(=O)(=O)N[C@H](C(=O)O)C(C)C)cc2C[C@@H]1C. The Balaban J connectivity index is 2.35. The van der Waals surface area contributed by atoms with E-state index in [1.54, 1.807) is 31.7 Å². The molecule has 1 aliphatic rings. The Morgan fingerprint density at radius 1 is 1.36 bits per heavy atom. The molecule has 0 unspecified atom stereocenters. The lowest BCUT2D eigenvalue weighted by Gasteiger charge is -2.22. The molecule has 0 aromatic heterocycles. The molecule has 0 saturated heterocycles. The fraction of sp³-hybridized carbons (Fsp3) is 0.529. The van der Waals surface area contributed by atoms with Crippen LogP contribution in [0.25, 0.3) is 0 Å². The number of carboxylic acid groups (broad SMARTS) is 1. The van der Waals surface area contributed by atoms with Gasteiger partial charge in [-0.15, -0.1) is 0 Å². The molecule has 2 N–H and O–H groups in total. The van der Waals surface area contributed by atoms with Crippen LogP contribution in [0.15, 0.2) is 23.1 Å². The lowest BCUT2D eigenvalue weighted by molar-refractivity contribution is -0.140. The van der Waals surface area contributed by atoms with Crippen molar-refractivity contribution in [2.75, 3.05) is 4.90 Å². The number of carbonyl (C=O) groups excluding carboxylic acids is 1. The maximum absolute atomic E-state index is 12.5. The normalized spacial score (nSPS) is 18.3. The highest BCUT2D eigenvalue weighted by molar-refractivity contribution is 7.89. The van der Waals surface area contributed by atoms with Crippen molar-refractivity contribution in [2.45, 2.75) is 57.5 Å². The Kier molecular flexibility index (Phi) is 5.53. The minimum absolute atomic E-state index is 0.00858. The minimum atomic E-state index is -3.97. The van der Waals surface area contributed by atoms with Gasteiger partial charge < -0.3 is 10.0 Å². The first-order valence-corrected chi connectivity index (χ1v) is 9.77. The minimum Gasteiger partial charge on any atom is -0.480 e. The molecular formula is C17H24N2O5S. The smallest absolute Gasteiger partial charge is 0.322 e. The zero-order chi connectivity index (χ0) is 18.9. The van der Waals surface area contributed by atoms with Crippen molar-refractivity contribution >= 4 is 27.6 Å². The van der Waals surface area contributed by atoms with Gasteiger partial charge in [-0.2, -0.15) is 4.72 Å². The van der Waals surface area contributed by atoms with Crippen molar-refractivity contribution in [3.63, 3.8) is 0 Å². The Hall–Kier alpha value is -1.93. The van der Waals surface area contributed by atoms with Gasteiger partial charge in [-0.25, -0.2) is 8.42 Å². The summed E-state index contributed by atoms with van der Waals surface area (Å²) in [5.74, 6) is -1.61. The number of hydrogen-bond donors (Lipinski definition) is 2. The summed E-state index contributed by atoms with van der Waals surface area (Å²) in [4.78, 5) is 25.1. The summed E-state index contributed by atoms with van der Waals surface area (Å²) in [5, 5.41) is 9.20. The number of nitrogens with zero attached hydrogens (tertiary/aromatic N) is 1. The number of sulfonamides is 1. The highest BCUT2D eigenvalue weighted by Crippen LogP contribution is 2.34. The summed E-state index contributed by atoms with van der Waals surface area (Å²) in [6, 6.07) is 3.32. The molecule has 1 amide bonds. The lowest BCUT2D eigenvalue weighted by Crippen LogP contribution is -2.44. The van der Waals surface area contributed by atoms with Gasteiger partial charge in [-0.3, -0.25) is 9.59 Å². The van der Waals surface area contributed by atoms with Gasteiger partial charge in [-0.05, 0) is 43.0 Å². The highest BCUT2D eigenvalue weighted by Gasteiger charge is 2.32. The maximum atomic E-state index is 12.5. The Morgan fingerprint density at radius 2 is 2.00 bits per heavy atom. The van der Waals surface area contributed by atoms with Crippen LogP contribution in [-0.4, -0.2) is 37.5 Å². The molecular weight excluding hydrogens is 344 g/mol. The average molecular weight is 368 g/mol. The largest absolute Gasteiger partial charge is 0.480 e. The summed E-state index contributed by atoms with van der Waals surface area (Å²) in [6.07, 6.45) is 0.942. The third-order valence-corrected chi connectivity index (χ3v) is 5.80. The number of carbonyl (C=O) groups is 2. The molecule has 2 rings (SSSR count). The number of anilines is 1. The highest BCUT2D eigenvalue weighted by atomic mass is 32.2. The van der Waals surface area contributed by atoms with E-state index >= 15 is 0 Å². The van der Waals surface area contributed by atoms with Crippen LogP contribution in [0, 0.1) is 5.92 Å². The van der Waals surface area contributed by atoms with E-state index in [0.717, 1.165) is 11.3 Å². The van der Waals surface area contributed by atoms with Gasteiger partial charge >= 0.3 is 5.97 Å². The molecule has 8 heteroatoms. The van der Waals surface area contributed by atoms with Crippen molar-refractivity contribution in [3.8, 4) is 0 Å². The molecule has 1 aromatic rings. The van der Waals surface area contributed by atoms with Crippen molar-refractivity contribution in [2.24, 2.45) is 5.92 Å². The van der Waals surface area contributed by atoms with Crippen LogP contribution >= 0.6 is 0 Å². The molecule has 2 atom stereocenters. The zero-order valence-electron chi connectivity index (χ0n) is 14.8. The third kappa shape index (κ3) is 3.85. The molecule has 7 nitrogen and oxygen atoms in total. The second-order valence-corrected chi connectivity index (χ2v) is 8.36. The molecule has 1 aliphatic heterocycles. The van der Waals surface area contributed by atoms with Crippen molar-refractivity contribution in [1.82, 2.24) is 4.72 Å². The molecule has 1 aromatic carbocycles. The van der Waals surface area contributed by atoms with Crippen LogP contribution in [0.5, 0.6) is 0 Å². The predicted octanol–water partition coefficient (Wildman–Crippen LogP) is 1.76. The number of amides is 1. The van der Waals surface area contributed by atoms with E-state index in [4.69, 9.17) is 0 Å². The molecule has 0 bridgehead atoms. The van der Waals surface area contributed by atoms with Gasteiger partial charge in [0.2, 0.25) is 15.9 Å². The van der Waals surface area contributed by atoms with Gasteiger partial charge in [0.25, 0.3) is 0 Å². The third-order valence-electron chi connectivity index (χ3n) is 4.36. The first kappa shape index (κ1) is 19.4. The van der Waals surface area contributed by atoms with Crippen LogP contribution in [0.2, 0.25) is 0 Å². The fourth-order valence-corrected chi connectivity index (χ4v) is 4.42. The summed E-state index contributed by atoms with van der Waals surface area (Å²) < 4.78 is 27.3. The summed E-state index contributed by atoms with van der Waals surface area (Å²) >= 11 is 0. The van der Waals surface area contributed by atoms with E-state index < -0.39 is 22.0 Å². The first-order chi connectivity index (χ1) is 11.6. The Morgan fingerprint density at radius 3 is 2.52 bits per heavy atom. The average Bonchev–Trinajstić information content (AvgIpc) is 2.86. The van der Waals surface area contributed by atoms with E-state index in [0.29, 0.717) is 12.8 Å². The first-order valence-electron chi connectivity index (χ1n) is 8.28. The lowest BCUT2D eigenvalue weighted by atomic mass is 10.1. The molecule has 1 heterocycles. The summed E-state index contributed by atoms with van der Waals surface area (Å²) in [6.45, 7) is 6.98. The number of benzene rings is 1. The summed E-state index contributed by atoms with van der Waals surface area (Å²) in [7, 11) is -3.97. The molecule has 138 valence electrons. The van der Waals surface area contributed by atoms with Crippen molar-refractivity contribution in [1.29, 1.82) is 0 Å². The van der Waals surface area contributed by atoms with Gasteiger partial charge in [-0.1, -0.05) is 20.8 Å². The van der Waals surface area contributed by atoms with Crippen LogP contribution in [-0.2, 0) is 26.0 Å². The van der Waals surface area contributed by atoms with E-state index in [2.05, 4.69) is 4.72 Å². The van der Waals surface area contributed by atoms with E-state index in [1.165, 1.54) is 12.1 Å². The van der Waals surface area contributed by atoms with E-state index in [9.17, 15) is 23.1 Å². The molecule has 0 aliphatic carbocycles. The van der Waals surface area contributed by atoms with Gasteiger partial charge in [0.15, 0.2) is 0 Å². The second-order valence-electron chi connectivity index (χ2n) is 6.64. The van der Waals surface area contributed by atoms with Gasteiger partial charge in [0.1, 0.15) is 6.04 Å². The number of aliphatic carboxylic acids is 1. The van der Waals surface area contributed by atoms with Crippen molar-refractivity contribution in [3.05, 3.63) is 23.8 Å². The number of fused-ring (bicyclic) bond motifs is 1. The quantitative estimate of drug-likeness (QED) is 0.796. The predicted molar refractivity (Wildman–Crippen MR) is 94.0 cm³/mol. The Bertz CT molecular complexity index is 788. The van der Waals surface area contributed by atoms with E-state index in [-0.39, 0.29) is 22.8 Å².